The van der Waals surface area contributed by atoms with Crippen LogP contribution in [0.15, 0.2) is 66.9 Å². The van der Waals surface area contributed by atoms with Crippen LogP contribution < -0.4 is 9.57 Å². The lowest BCUT2D eigenvalue weighted by atomic mass is 10.2. The third-order valence-electron chi connectivity index (χ3n) is 6.96. The molecule has 1 amide bonds. The number of aromatic nitrogens is 2. The van der Waals surface area contributed by atoms with E-state index >= 15 is 0 Å². The lowest BCUT2D eigenvalue weighted by Gasteiger charge is -2.23. The Balaban J connectivity index is 1.25. The van der Waals surface area contributed by atoms with Gasteiger partial charge in [-0.15, -0.1) is 11.3 Å². The molecule has 1 saturated heterocycles. The van der Waals surface area contributed by atoms with Crippen molar-refractivity contribution in [2.24, 2.45) is 0 Å². The fraction of sp³-hybridized carbons (Fsp3) is 0.241. The van der Waals surface area contributed by atoms with Crippen molar-refractivity contribution in [3.8, 4) is 17.2 Å². The average Bonchev–Trinajstić information content (AvgIpc) is 3.67. The molecule has 3 aromatic heterocycles. The number of nitro benzene ring substituents is 1. The number of nitro groups is 1. The van der Waals surface area contributed by atoms with E-state index < -0.39 is 4.92 Å². The number of amides is 1. The van der Waals surface area contributed by atoms with Crippen molar-refractivity contribution < 1.29 is 24.0 Å². The molecule has 4 heterocycles. The van der Waals surface area contributed by atoms with E-state index in [0.29, 0.717) is 34.2 Å². The molecule has 1 fully saturated rings. The van der Waals surface area contributed by atoms with Gasteiger partial charge in [0.25, 0.3) is 11.6 Å². The van der Waals surface area contributed by atoms with Crippen LogP contribution in [0.5, 0.6) is 17.2 Å². The predicted octanol–water partition coefficient (Wildman–Crippen LogP) is 6.35. The molecule has 10 nitrogen and oxygen atoms in total. The Morgan fingerprint density at radius 2 is 1.93 bits per heavy atom. The van der Waals surface area contributed by atoms with Crippen LogP contribution in [-0.2, 0) is 4.74 Å². The molecule has 6 rings (SSSR count). The molecule has 204 valence electrons. The van der Waals surface area contributed by atoms with Gasteiger partial charge in [-0.3, -0.25) is 19.9 Å². The number of carbonyl (C=O) groups excluding carboxylic acids is 1. The van der Waals surface area contributed by atoms with Crippen LogP contribution in [0.25, 0.3) is 21.1 Å². The van der Waals surface area contributed by atoms with Gasteiger partial charge in [0.05, 0.1) is 43.9 Å². The number of likely N-dealkylation sites (tertiary alicyclic amines) is 1. The number of carbonyl (C=O) groups is 1. The Labute approximate surface area is 233 Å². The Bertz CT molecular complexity index is 1730. The maximum absolute atomic E-state index is 13.3. The summed E-state index contributed by atoms with van der Waals surface area (Å²) in [7, 11) is 1.66. The van der Waals surface area contributed by atoms with Gasteiger partial charge in [0, 0.05) is 43.4 Å². The third kappa shape index (κ3) is 4.85. The summed E-state index contributed by atoms with van der Waals surface area (Å²) in [5.74, 6) is 1.74. The Hall–Kier alpha value is -4.48. The largest absolute Gasteiger partial charge is 0.456 e. The highest BCUT2D eigenvalue weighted by molar-refractivity contribution is 7.21. The summed E-state index contributed by atoms with van der Waals surface area (Å²) < 4.78 is 14.1. The summed E-state index contributed by atoms with van der Waals surface area (Å²) in [6.07, 6.45) is 3.60. The second-order valence-corrected chi connectivity index (χ2v) is 10.7. The van der Waals surface area contributed by atoms with Gasteiger partial charge in [-0.25, -0.2) is 0 Å². The summed E-state index contributed by atoms with van der Waals surface area (Å²) in [6.45, 7) is 3.18. The molecule has 0 spiro atoms. The van der Waals surface area contributed by atoms with E-state index in [-0.39, 0.29) is 17.6 Å². The molecular formula is C29H26N4O6S. The lowest BCUT2D eigenvalue weighted by Crippen LogP contribution is -2.37. The second kappa shape index (κ2) is 10.6. The summed E-state index contributed by atoms with van der Waals surface area (Å²) in [5, 5.41) is 11.8. The molecule has 2 aromatic carbocycles. The summed E-state index contributed by atoms with van der Waals surface area (Å²) in [5.41, 5.74) is 2.39. The van der Waals surface area contributed by atoms with Crippen LogP contribution in [0.3, 0.4) is 0 Å². The van der Waals surface area contributed by atoms with Crippen LogP contribution in [-0.4, -0.2) is 51.7 Å². The van der Waals surface area contributed by atoms with E-state index in [9.17, 15) is 14.9 Å². The third-order valence-corrected chi connectivity index (χ3v) is 8.09. The van der Waals surface area contributed by atoms with Gasteiger partial charge in [-0.05, 0) is 62.2 Å². The first-order valence-corrected chi connectivity index (χ1v) is 13.6. The van der Waals surface area contributed by atoms with Crippen LogP contribution in [0.2, 0.25) is 0 Å². The van der Waals surface area contributed by atoms with Gasteiger partial charge in [-0.2, -0.15) is 4.73 Å². The molecule has 5 aromatic rings. The summed E-state index contributed by atoms with van der Waals surface area (Å²) >= 11 is 1.39. The van der Waals surface area contributed by atoms with Crippen molar-refractivity contribution in [2.75, 3.05) is 20.3 Å². The smallest absolute Gasteiger partial charge is 0.269 e. The van der Waals surface area contributed by atoms with Crippen molar-refractivity contribution in [1.29, 1.82) is 0 Å². The maximum Gasteiger partial charge on any atom is 0.269 e. The minimum absolute atomic E-state index is 0.000226. The van der Waals surface area contributed by atoms with Crippen LogP contribution in [0, 0.1) is 17.0 Å². The van der Waals surface area contributed by atoms with E-state index in [1.54, 1.807) is 36.2 Å². The number of ether oxygens (including phenoxy) is 2. The first-order valence-electron chi connectivity index (χ1n) is 12.8. The monoisotopic (exact) mass is 558 g/mol. The Kier molecular flexibility index (Phi) is 6.82. The average molecular weight is 559 g/mol. The van der Waals surface area contributed by atoms with Crippen molar-refractivity contribution >= 4 is 44.1 Å². The van der Waals surface area contributed by atoms with Gasteiger partial charge >= 0.3 is 0 Å². The Morgan fingerprint density at radius 3 is 2.70 bits per heavy atom. The van der Waals surface area contributed by atoms with E-state index in [2.05, 4.69) is 4.98 Å². The number of pyridine rings is 1. The molecular weight excluding hydrogens is 532 g/mol. The van der Waals surface area contributed by atoms with Gasteiger partial charge in [-0.1, -0.05) is 0 Å². The number of fused-ring (bicyclic) bond motifs is 2. The molecule has 11 heteroatoms. The number of thiophene rings is 1. The van der Waals surface area contributed by atoms with Crippen molar-refractivity contribution in [2.45, 2.75) is 25.8 Å². The van der Waals surface area contributed by atoms with Crippen molar-refractivity contribution in [3.63, 3.8) is 0 Å². The normalized spacial score (nSPS) is 15.2. The Morgan fingerprint density at radius 1 is 1.12 bits per heavy atom. The molecule has 0 unspecified atom stereocenters. The molecule has 1 atom stereocenters. The van der Waals surface area contributed by atoms with Gasteiger partial charge in [0.2, 0.25) is 0 Å². The highest BCUT2D eigenvalue weighted by atomic mass is 32.1. The van der Waals surface area contributed by atoms with Crippen molar-refractivity contribution in [1.82, 2.24) is 14.6 Å². The number of aryl methyl sites for hydroxylation is 1. The second-order valence-electron chi connectivity index (χ2n) is 9.63. The molecule has 0 bridgehead atoms. The number of rotatable bonds is 8. The highest BCUT2D eigenvalue weighted by Gasteiger charge is 2.30. The molecule has 1 aliphatic rings. The van der Waals surface area contributed by atoms with Gasteiger partial charge in [0.15, 0.2) is 5.75 Å². The first kappa shape index (κ1) is 25.8. The fourth-order valence-electron chi connectivity index (χ4n) is 5.06. The quantitative estimate of drug-likeness (QED) is 0.161. The van der Waals surface area contributed by atoms with E-state index in [1.807, 2.05) is 42.2 Å². The van der Waals surface area contributed by atoms with Gasteiger partial charge in [0.1, 0.15) is 11.5 Å². The standard InChI is InChI=1S/C29H26N4O6S/c1-18-14-19-15-23(9-10-25(19)32(18)39-22-7-5-20(6-8-22)33(35)36)38-26-11-12-30-24-16-27(40-28(24)26)29(34)31-13-3-4-21(31)17-37-2/h5-12,14-16,21H,3-4,13,17H2,1-2H3/t21-/m0/s1. The topological polar surface area (TPSA) is 109 Å². The van der Waals surface area contributed by atoms with Crippen LogP contribution in [0.4, 0.5) is 5.69 Å². The zero-order valence-electron chi connectivity index (χ0n) is 21.9. The van der Waals surface area contributed by atoms with E-state index in [4.69, 9.17) is 14.3 Å². The zero-order valence-corrected chi connectivity index (χ0v) is 22.7. The van der Waals surface area contributed by atoms with Gasteiger partial charge < -0.3 is 19.2 Å². The van der Waals surface area contributed by atoms with E-state index in [1.165, 1.54) is 23.5 Å². The number of non-ortho nitro benzene ring substituents is 1. The number of hydrogen-bond acceptors (Lipinski definition) is 8. The molecule has 0 saturated carbocycles. The lowest BCUT2D eigenvalue weighted by molar-refractivity contribution is -0.384. The number of methoxy groups -OCH3 is 1. The predicted molar refractivity (Wildman–Crippen MR) is 151 cm³/mol. The molecule has 1 aliphatic heterocycles. The molecule has 0 N–H and O–H groups in total. The zero-order chi connectivity index (χ0) is 27.8. The number of benzene rings is 2. The number of nitrogens with zero attached hydrogens (tertiary/aromatic N) is 4. The SMILES string of the molecule is COC[C@@H]1CCCN1C(=O)c1cc2nccc(Oc3ccc4c(c3)cc(C)n4Oc3ccc([N+](=O)[O-])cc3)c2s1. The van der Waals surface area contributed by atoms with Crippen LogP contribution in [0.1, 0.15) is 28.2 Å². The minimum Gasteiger partial charge on any atom is -0.456 e. The summed E-state index contributed by atoms with van der Waals surface area (Å²) in [4.78, 5) is 36.8. The fourth-order valence-corrected chi connectivity index (χ4v) is 6.08. The first-order chi connectivity index (χ1) is 19.4. The molecule has 0 aliphatic carbocycles. The van der Waals surface area contributed by atoms with E-state index in [0.717, 1.165) is 40.7 Å². The van der Waals surface area contributed by atoms with Crippen molar-refractivity contribution in [3.05, 3.63) is 87.5 Å². The minimum atomic E-state index is -0.446. The maximum atomic E-state index is 13.3. The number of hydrogen-bond donors (Lipinski definition) is 0. The highest BCUT2D eigenvalue weighted by Crippen LogP contribution is 2.37. The summed E-state index contributed by atoms with van der Waals surface area (Å²) in [6, 6.07) is 17.3. The van der Waals surface area contributed by atoms with Crippen LogP contribution >= 0.6 is 11.3 Å². The molecule has 0 radical (unpaired) electrons. The molecule has 40 heavy (non-hydrogen) atoms.